The lowest BCUT2D eigenvalue weighted by Crippen LogP contribution is -1.94. The minimum Gasteiger partial charge on any atom is -0.306 e. The summed E-state index contributed by atoms with van der Waals surface area (Å²) in [6.45, 7) is 5.54. The largest absolute Gasteiger partial charge is 0.354 e. The van der Waals surface area contributed by atoms with Crippen molar-refractivity contribution >= 4 is 19.0 Å². The number of carbonyl (C=O) groups excluding carboxylic acids is 1. The van der Waals surface area contributed by atoms with Gasteiger partial charge in [-0.25, -0.2) is 0 Å². The Kier molecular flexibility index (Phi) is 7.30. The smallest absolute Gasteiger partial charge is 0.306 e. The SMILES string of the molecule is CCOP(=O)(/C=C(\C=C\C(C)=O)c1ccccc1)OCC. The van der Waals surface area contributed by atoms with Crippen LogP contribution in [0.1, 0.15) is 26.3 Å². The molecule has 4 nitrogen and oxygen atoms in total. The monoisotopic (exact) mass is 308 g/mol. The van der Waals surface area contributed by atoms with Crippen LogP contribution in [0.4, 0.5) is 0 Å². The molecule has 0 saturated heterocycles. The maximum Gasteiger partial charge on any atom is 0.354 e. The van der Waals surface area contributed by atoms with Crippen molar-refractivity contribution in [2.45, 2.75) is 20.8 Å². The summed E-state index contributed by atoms with van der Waals surface area (Å²) in [6.07, 6.45) is 3.06. The number of hydrogen-bond acceptors (Lipinski definition) is 4. The number of allylic oxidation sites excluding steroid dienone is 3. The lowest BCUT2D eigenvalue weighted by atomic mass is 10.1. The fourth-order valence-corrected chi connectivity index (χ4v) is 3.21. The summed E-state index contributed by atoms with van der Waals surface area (Å²) < 4.78 is 23.1. The van der Waals surface area contributed by atoms with Crippen LogP contribution in [0.15, 0.2) is 48.3 Å². The highest BCUT2D eigenvalue weighted by Crippen LogP contribution is 2.51. The van der Waals surface area contributed by atoms with Crippen LogP contribution in [-0.2, 0) is 18.4 Å². The van der Waals surface area contributed by atoms with Crippen molar-refractivity contribution in [3.8, 4) is 0 Å². The van der Waals surface area contributed by atoms with Gasteiger partial charge in [-0.05, 0) is 38.0 Å². The van der Waals surface area contributed by atoms with Gasteiger partial charge in [0.15, 0.2) is 5.78 Å². The molecule has 0 spiro atoms. The van der Waals surface area contributed by atoms with E-state index in [0.29, 0.717) is 5.57 Å². The number of ketones is 1. The van der Waals surface area contributed by atoms with Crippen molar-refractivity contribution in [3.63, 3.8) is 0 Å². The van der Waals surface area contributed by atoms with Crippen LogP contribution >= 0.6 is 7.60 Å². The first-order valence-electron chi connectivity index (χ1n) is 6.86. The summed E-state index contributed by atoms with van der Waals surface area (Å²) >= 11 is 0. The number of benzene rings is 1. The fourth-order valence-electron chi connectivity index (χ4n) is 1.69. The zero-order valence-corrected chi connectivity index (χ0v) is 13.5. The van der Waals surface area contributed by atoms with Crippen LogP contribution in [0.5, 0.6) is 0 Å². The van der Waals surface area contributed by atoms with Gasteiger partial charge in [0.2, 0.25) is 0 Å². The van der Waals surface area contributed by atoms with Crippen molar-refractivity contribution in [1.29, 1.82) is 0 Å². The van der Waals surface area contributed by atoms with E-state index < -0.39 is 7.60 Å². The topological polar surface area (TPSA) is 52.6 Å². The number of carbonyl (C=O) groups is 1. The van der Waals surface area contributed by atoms with Crippen LogP contribution in [-0.4, -0.2) is 19.0 Å². The van der Waals surface area contributed by atoms with Gasteiger partial charge in [-0.2, -0.15) is 0 Å². The molecular weight excluding hydrogens is 287 g/mol. The van der Waals surface area contributed by atoms with Gasteiger partial charge >= 0.3 is 7.60 Å². The second kappa shape index (κ2) is 8.73. The molecule has 0 bridgehead atoms. The van der Waals surface area contributed by atoms with Crippen molar-refractivity contribution in [2.75, 3.05) is 13.2 Å². The van der Waals surface area contributed by atoms with Crippen molar-refractivity contribution < 1.29 is 18.4 Å². The van der Waals surface area contributed by atoms with Crippen molar-refractivity contribution in [1.82, 2.24) is 0 Å². The highest BCUT2D eigenvalue weighted by Gasteiger charge is 2.21. The van der Waals surface area contributed by atoms with E-state index in [1.807, 2.05) is 30.3 Å². The minimum atomic E-state index is -3.33. The van der Waals surface area contributed by atoms with Crippen LogP contribution in [0, 0.1) is 0 Å². The Hall–Kier alpha value is -1.48. The van der Waals surface area contributed by atoms with Crippen molar-refractivity contribution in [3.05, 3.63) is 53.9 Å². The van der Waals surface area contributed by atoms with E-state index in [2.05, 4.69) is 0 Å². The summed E-state index contributed by atoms with van der Waals surface area (Å²) in [5.74, 6) is 1.38. The molecule has 0 atom stereocenters. The maximum absolute atomic E-state index is 12.6. The van der Waals surface area contributed by atoms with Gasteiger partial charge in [-0.1, -0.05) is 36.4 Å². The van der Waals surface area contributed by atoms with Gasteiger partial charge in [-0.15, -0.1) is 0 Å². The minimum absolute atomic E-state index is 0.0838. The maximum atomic E-state index is 12.6. The molecule has 0 aromatic heterocycles. The molecule has 0 N–H and O–H groups in total. The average molecular weight is 308 g/mol. The van der Waals surface area contributed by atoms with Gasteiger partial charge in [0, 0.05) is 5.82 Å². The second-order valence-corrected chi connectivity index (χ2v) is 6.12. The van der Waals surface area contributed by atoms with E-state index >= 15 is 0 Å². The quantitative estimate of drug-likeness (QED) is 0.405. The van der Waals surface area contributed by atoms with Gasteiger partial charge < -0.3 is 9.05 Å². The van der Waals surface area contributed by atoms with Gasteiger partial charge in [0.05, 0.1) is 13.2 Å². The zero-order valence-electron chi connectivity index (χ0n) is 12.6. The first-order chi connectivity index (χ1) is 10.0. The third-order valence-electron chi connectivity index (χ3n) is 2.52. The predicted molar refractivity (Wildman–Crippen MR) is 85.1 cm³/mol. The standard InChI is InChI=1S/C16H21O4P/c1-4-19-21(18,20-5-2)13-16(12-11-14(3)17)15-9-7-6-8-10-15/h6-13H,4-5H2,1-3H3/b12-11+,16-13+. The Labute approximate surface area is 126 Å². The molecule has 0 amide bonds. The number of hydrogen-bond donors (Lipinski definition) is 0. The highest BCUT2D eigenvalue weighted by atomic mass is 31.2. The molecule has 0 fully saturated rings. The molecule has 1 aromatic carbocycles. The van der Waals surface area contributed by atoms with Crippen LogP contribution < -0.4 is 0 Å². The average Bonchev–Trinajstić information content (AvgIpc) is 2.45. The third kappa shape index (κ3) is 6.21. The Balaban J connectivity index is 3.24. The first kappa shape index (κ1) is 17.6. The summed E-state index contributed by atoms with van der Waals surface area (Å²) in [5.41, 5.74) is 1.48. The molecule has 0 saturated carbocycles. The Morgan fingerprint density at radius 3 is 2.14 bits per heavy atom. The third-order valence-corrected chi connectivity index (χ3v) is 4.35. The molecular formula is C16H21O4P. The summed E-state index contributed by atoms with van der Waals surface area (Å²) in [7, 11) is -3.33. The Bertz CT molecular complexity index is 551. The molecule has 0 unspecified atom stereocenters. The Morgan fingerprint density at radius 1 is 1.10 bits per heavy atom. The highest BCUT2D eigenvalue weighted by molar-refractivity contribution is 7.57. The van der Waals surface area contributed by atoms with E-state index in [4.69, 9.17) is 9.05 Å². The molecule has 1 rings (SSSR count). The van der Waals surface area contributed by atoms with E-state index in [9.17, 15) is 9.36 Å². The molecule has 0 radical (unpaired) electrons. The predicted octanol–water partition coefficient (Wildman–Crippen LogP) is 4.44. The van der Waals surface area contributed by atoms with Gasteiger partial charge in [-0.3, -0.25) is 9.36 Å². The second-order valence-electron chi connectivity index (χ2n) is 4.27. The molecule has 0 heterocycles. The molecule has 21 heavy (non-hydrogen) atoms. The molecule has 1 aromatic rings. The van der Waals surface area contributed by atoms with E-state index in [1.165, 1.54) is 18.8 Å². The Morgan fingerprint density at radius 2 is 1.67 bits per heavy atom. The van der Waals surface area contributed by atoms with E-state index in [1.54, 1.807) is 19.9 Å². The molecule has 0 aliphatic carbocycles. The zero-order chi connectivity index (χ0) is 15.7. The summed E-state index contributed by atoms with van der Waals surface area (Å²) in [5, 5.41) is 0. The van der Waals surface area contributed by atoms with Crippen molar-refractivity contribution in [2.24, 2.45) is 0 Å². The van der Waals surface area contributed by atoms with Crippen LogP contribution in [0.2, 0.25) is 0 Å². The van der Waals surface area contributed by atoms with Gasteiger partial charge in [0.25, 0.3) is 0 Å². The molecule has 5 heteroatoms. The van der Waals surface area contributed by atoms with Crippen LogP contribution in [0.25, 0.3) is 5.57 Å². The number of rotatable bonds is 8. The molecule has 114 valence electrons. The van der Waals surface area contributed by atoms with Gasteiger partial charge in [0.1, 0.15) is 0 Å². The fraction of sp³-hybridized carbons (Fsp3) is 0.312. The lowest BCUT2D eigenvalue weighted by Gasteiger charge is -2.14. The normalized spacial score (nSPS) is 12.8. The lowest BCUT2D eigenvalue weighted by molar-refractivity contribution is -0.112. The molecule has 0 aliphatic rings. The summed E-state index contributed by atoms with van der Waals surface area (Å²) in [4.78, 5) is 11.2. The molecule has 0 aliphatic heterocycles. The summed E-state index contributed by atoms with van der Waals surface area (Å²) in [6, 6.07) is 9.38. The van der Waals surface area contributed by atoms with Crippen LogP contribution in [0.3, 0.4) is 0 Å². The van der Waals surface area contributed by atoms with E-state index in [-0.39, 0.29) is 19.0 Å². The van der Waals surface area contributed by atoms with E-state index in [0.717, 1.165) is 5.56 Å². The first-order valence-corrected chi connectivity index (χ1v) is 8.47.